The first-order valence-electron chi connectivity index (χ1n) is 9.07. The Morgan fingerprint density at radius 3 is 2.96 bits per heavy atom. The molecule has 0 radical (unpaired) electrons. The summed E-state index contributed by atoms with van der Waals surface area (Å²) in [4.78, 5) is 19.5. The highest BCUT2D eigenvalue weighted by molar-refractivity contribution is 6.01. The fraction of sp³-hybridized carbons (Fsp3) is 0.333. The molecule has 1 aromatic heterocycles. The van der Waals surface area contributed by atoms with E-state index in [1.165, 1.54) is 11.1 Å². The highest BCUT2D eigenvalue weighted by Gasteiger charge is 2.31. The predicted molar refractivity (Wildman–Crippen MR) is 102 cm³/mol. The number of oxazole rings is 1. The van der Waals surface area contributed by atoms with Gasteiger partial charge in [0.15, 0.2) is 11.5 Å². The Balaban J connectivity index is 1.51. The van der Waals surface area contributed by atoms with E-state index in [9.17, 15) is 4.79 Å². The molecule has 0 aliphatic carbocycles. The van der Waals surface area contributed by atoms with Crippen molar-refractivity contribution >= 4 is 22.7 Å². The number of amides is 1. The quantitative estimate of drug-likeness (QED) is 0.772. The number of hydrogen-bond donors (Lipinski definition) is 1. The molecule has 26 heavy (non-hydrogen) atoms. The zero-order chi connectivity index (χ0) is 18.1. The van der Waals surface area contributed by atoms with Gasteiger partial charge in [0.25, 0.3) is 0 Å². The number of benzene rings is 2. The average Bonchev–Trinajstić information content (AvgIpc) is 3.21. The third-order valence-corrected chi connectivity index (χ3v) is 4.91. The normalized spacial score (nSPS) is 17.7. The molecule has 134 valence electrons. The van der Waals surface area contributed by atoms with Crippen LogP contribution in [0.4, 0.5) is 5.69 Å². The Labute approximate surface area is 153 Å². The van der Waals surface area contributed by atoms with Crippen LogP contribution in [0.15, 0.2) is 46.9 Å². The second-order valence-electron chi connectivity index (χ2n) is 6.99. The molecule has 1 N–H and O–H groups in total. The van der Waals surface area contributed by atoms with Crippen LogP contribution in [0.5, 0.6) is 0 Å². The van der Waals surface area contributed by atoms with Crippen LogP contribution in [-0.2, 0) is 11.3 Å². The zero-order valence-electron chi connectivity index (χ0n) is 15.2. The highest BCUT2D eigenvalue weighted by atomic mass is 16.3. The van der Waals surface area contributed by atoms with Crippen LogP contribution < -0.4 is 5.32 Å². The molecule has 0 saturated carbocycles. The number of carbonyl (C=O) groups is 1. The molecule has 1 unspecified atom stereocenters. The van der Waals surface area contributed by atoms with E-state index in [0.717, 1.165) is 31.4 Å². The first-order chi connectivity index (χ1) is 12.6. The van der Waals surface area contributed by atoms with Crippen molar-refractivity contribution < 1.29 is 9.21 Å². The maximum Gasteiger partial charge on any atom is 0.241 e. The average molecular weight is 349 g/mol. The summed E-state index contributed by atoms with van der Waals surface area (Å²) in [6.07, 6.45) is 1.92. The van der Waals surface area contributed by atoms with E-state index in [-0.39, 0.29) is 11.9 Å². The number of aromatic nitrogens is 1. The lowest BCUT2D eigenvalue weighted by molar-refractivity contribution is -0.120. The minimum absolute atomic E-state index is 0.0247. The molecule has 1 atom stereocenters. The first-order valence-corrected chi connectivity index (χ1v) is 9.07. The molecule has 1 aliphatic heterocycles. The summed E-state index contributed by atoms with van der Waals surface area (Å²) in [6, 6.07) is 14.0. The lowest BCUT2D eigenvalue weighted by Crippen LogP contribution is -2.39. The molecular formula is C21H23N3O2. The van der Waals surface area contributed by atoms with Crippen LogP contribution in [0.25, 0.3) is 11.1 Å². The maximum absolute atomic E-state index is 12.9. The third kappa shape index (κ3) is 3.35. The summed E-state index contributed by atoms with van der Waals surface area (Å²) in [5.74, 6) is 0.625. The van der Waals surface area contributed by atoms with Gasteiger partial charge in [-0.1, -0.05) is 35.9 Å². The number of carbonyl (C=O) groups excluding carboxylic acids is 1. The first kappa shape index (κ1) is 16.8. The van der Waals surface area contributed by atoms with E-state index in [1.807, 2.05) is 25.1 Å². The molecule has 3 aromatic rings. The van der Waals surface area contributed by atoms with Gasteiger partial charge < -0.3 is 9.73 Å². The third-order valence-electron chi connectivity index (χ3n) is 4.91. The number of para-hydroxylation sites is 1. The summed E-state index contributed by atoms with van der Waals surface area (Å²) in [5, 5.41) is 3.05. The number of nitrogens with one attached hydrogen (secondary N) is 1. The maximum atomic E-state index is 12.9. The monoisotopic (exact) mass is 349 g/mol. The Hall–Kier alpha value is -2.66. The summed E-state index contributed by atoms with van der Waals surface area (Å²) in [5.41, 5.74) is 4.59. The number of hydrogen-bond acceptors (Lipinski definition) is 4. The zero-order valence-corrected chi connectivity index (χ0v) is 15.2. The topological polar surface area (TPSA) is 58.4 Å². The number of nitrogens with zero attached hydrogens (tertiary/aromatic N) is 2. The summed E-state index contributed by atoms with van der Waals surface area (Å²) in [6.45, 7) is 5.65. The summed E-state index contributed by atoms with van der Waals surface area (Å²) >= 11 is 0. The highest BCUT2D eigenvalue weighted by Crippen LogP contribution is 2.26. The molecule has 0 spiro atoms. The van der Waals surface area contributed by atoms with Crippen molar-refractivity contribution in [3.63, 3.8) is 0 Å². The second-order valence-corrected chi connectivity index (χ2v) is 6.99. The smallest absolute Gasteiger partial charge is 0.241 e. The van der Waals surface area contributed by atoms with Crippen molar-refractivity contribution in [2.24, 2.45) is 0 Å². The minimum Gasteiger partial charge on any atom is -0.439 e. The van der Waals surface area contributed by atoms with Crippen molar-refractivity contribution in [1.29, 1.82) is 0 Å². The molecule has 4 rings (SSSR count). The molecule has 1 saturated heterocycles. The van der Waals surface area contributed by atoms with E-state index >= 15 is 0 Å². The van der Waals surface area contributed by atoms with Gasteiger partial charge in [0, 0.05) is 13.5 Å². The van der Waals surface area contributed by atoms with Gasteiger partial charge in [0.05, 0.1) is 11.7 Å². The van der Waals surface area contributed by atoms with Gasteiger partial charge in [-0.05, 0) is 44.0 Å². The number of fused-ring (bicyclic) bond motifs is 1. The van der Waals surface area contributed by atoms with E-state index in [2.05, 4.69) is 46.4 Å². The fourth-order valence-electron chi connectivity index (χ4n) is 3.73. The molecule has 0 bridgehead atoms. The molecule has 5 nitrogen and oxygen atoms in total. The van der Waals surface area contributed by atoms with Gasteiger partial charge in [-0.15, -0.1) is 0 Å². The minimum atomic E-state index is -0.116. The number of aryl methyl sites for hydroxylation is 2. The number of rotatable bonds is 4. The summed E-state index contributed by atoms with van der Waals surface area (Å²) in [7, 11) is 0. The van der Waals surface area contributed by atoms with Gasteiger partial charge in [-0.2, -0.15) is 0 Å². The van der Waals surface area contributed by atoms with Crippen LogP contribution in [0.3, 0.4) is 0 Å². The van der Waals surface area contributed by atoms with Crippen molar-refractivity contribution in [3.05, 3.63) is 59.5 Å². The van der Waals surface area contributed by atoms with E-state index in [1.54, 1.807) is 0 Å². The van der Waals surface area contributed by atoms with Crippen LogP contribution in [-0.4, -0.2) is 28.4 Å². The van der Waals surface area contributed by atoms with Gasteiger partial charge in [0.1, 0.15) is 5.52 Å². The van der Waals surface area contributed by atoms with E-state index in [4.69, 9.17) is 4.42 Å². The van der Waals surface area contributed by atoms with Crippen molar-refractivity contribution in [1.82, 2.24) is 9.88 Å². The van der Waals surface area contributed by atoms with E-state index < -0.39 is 0 Å². The lowest BCUT2D eigenvalue weighted by atomic mass is 10.1. The molecule has 1 aliphatic rings. The van der Waals surface area contributed by atoms with Gasteiger partial charge in [-0.25, -0.2) is 4.98 Å². The molecule has 2 heterocycles. The molecular weight excluding hydrogens is 326 g/mol. The Bertz CT molecular complexity index is 947. The molecule has 2 aromatic carbocycles. The predicted octanol–water partition coefficient (Wildman–Crippen LogP) is 4.05. The molecule has 1 amide bonds. The van der Waals surface area contributed by atoms with Crippen LogP contribution in [0, 0.1) is 13.8 Å². The largest absolute Gasteiger partial charge is 0.439 e. The van der Waals surface area contributed by atoms with Crippen molar-refractivity contribution in [2.75, 3.05) is 11.9 Å². The number of likely N-dealkylation sites (tertiary alicyclic amines) is 1. The van der Waals surface area contributed by atoms with Gasteiger partial charge >= 0.3 is 0 Å². The molecule has 1 fully saturated rings. The summed E-state index contributed by atoms with van der Waals surface area (Å²) < 4.78 is 5.66. The Kier molecular flexibility index (Phi) is 4.47. The number of anilines is 1. The standard InChI is InChI=1S/C21H23N3O2/c1-14-6-3-7-16(12-14)13-24-11-5-10-19(24)21(25)23-18-9-4-8-17-20(18)26-15(2)22-17/h3-4,6-9,12,19H,5,10-11,13H2,1-2H3,(H,23,25). The van der Waals surface area contributed by atoms with Crippen molar-refractivity contribution in [3.8, 4) is 0 Å². The van der Waals surface area contributed by atoms with Crippen molar-refractivity contribution in [2.45, 2.75) is 39.3 Å². The lowest BCUT2D eigenvalue weighted by Gasteiger charge is -2.24. The SMILES string of the molecule is Cc1cccc(CN2CCCC2C(=O)Nc2cccc3nc(C)oc23)c1. The second kappa shape index (κ2) is 6.92. The van der Waals surface area contributed by atoms with Crippen LogP contribution >= 0.6 is 0 Å². The Morgan fingerprint density at radius 2 is 2.12 bits per heavy atom. The van der Waals surface area contributed by atoms with Crippen LogP contribution in [0.1, 0.15) is 29.9 Å². The van der Waals surface area contributed by atoms with Crippen LogP contribution in [0.2, 0.25) is 0 Å². The van der Waals surface area contributed by atoms with Gasteiger partial charge in [-0.3, -0.25) is 9.69 Å². The Morgan fingerprint density at radius 1 is 1.27 bits per heavy atom. The van der Waals surface area contributed by atoms with E-state index in [0.29, 0.717) is 17.2 Å². The fourth-order valence-corrected chi connectivity index (χ4v) is 3.73. The molecule has 5 heteroatoms. The van der Waals surface area contributed by atoms with Gasteiger partial charge in [0.2, 0.25) is 5.91 Å².